The van der Waals surface area contributed by atoms with Gasteiger partial charge in [0.15, 0.2) is 0 Å². The first-order valence-corrected chi connectivity index (χ1v) is 8.90. The zero-order valence-electron chi connectivity index (χ0n) is 11.3. The van der Waals surface area contributed by atoms with E-state index in [-0.39, 0.29) is 0 Å². The fourth-order valence-electron chi connectivity index (χ4n) is 2.56. The highest BCUT2D eigenvalue weighted by Crippen LogP contribution is 2.28. The molecule has 0 spiro atoms. The van der Waals surface area contributed by atoms with Gasteiger partial charge in [-0.25, -0.2) is 8.42 Å². The van der Waals surface area contributed by atoms with Gasteiger partial charge in [0.2, 0.25) is 10.0 Å². The van der Waals surface area contributed by atoms with E-state index in [0.717, 1.165) is 17.3 Å². The van der Waals surface area contributed by atoms with Gasteiger partial charge in [0.25, 0.3) is 0 Å². The molecule has 1 fully saturated rings. The van der Waals surface area contributed by atoms with Gasteiger partial charge in [-0.2, -0.15) is 4.31 Å². The first-order chi connectivity index (χ1) is 8.91. The summed E-state index contributed by atoms with van der Waals surface area (Å²) in [7, 11) is -3.33. The van der Waals surface area contributed by atoms with E-state index >= 15 is 0 Å². The molecule has 0 bridgehead atoms. The monoisotopic (exact) mass is 345 g/mol. The molecule has 106 valence electrons. The van der Waals surface area contributed by atoms with E-state index in [1.54, 1.807) is 22.5 Å². The molecule has 19 heavy (non-hydrogen) atoms. The predicted molar refractivity (Wildman–Crippen MR) is 80.5 cm³/mol. The second kappa shape index (κ2) is 5.94. The maximum absolute atomic E-state index is 12.5. The van der Waals surface area contributed by atoms with Gasteiger partial charge in [-0.05, 0) is 42.9 Å². The van der Waals surface area contributed by atoms with Crippen molar-refractivity contribution >= 4 is 26.0 Å². The molecule has 1 aromatic carbocycles. The highest BCUT2D eigenvalue weighted by atomic mass is 79.9. The molecule has 1 saturated heterocycles. The van der Waals surface area contributed by atoms with Crippen LogP contribution in [0.25, 0.3) is 0 Å². The van der Waals surface area contributed by atoms with Crippen molar-refractivity contribution in [2.75, 3.05) is 13.1 Å². The first kappa shape index (κ1) is 15.0. The van der Waals surface area contributed by atoms with Crippen molar-refractivity contribution in [1.82, 2.24) is 4.31 Å². The Balaban J connectivity index is 2.14. The Morgan fingerprint density at radius 3 is 2.42 bits per heavy atom. The summed E-state index contributed by atoms with van der Waals surface area (Å²) in [6, 6.07) is 6.93. The summed E-state index contributed by atoms with van der Waals surface area (Å²) in [5, 5.41) is 0. The minimum Gasteiger partial charge on any atom is -0.207 e. The van der Waals surface area contributed by atoms with Gasteiger partial charge < -0.3 is 0 Å². The van der Waals surface area contributed by atoms with E-state index in [2.05, 4.69) is 29.8 Å². The topological polar surface area (TPSA) is 37.4 Å². The maximum Gasteiger partial charge on any atom is 0.243 e. The van der Waals surface area contributed by atoms with Crippen LogP contribution in [0, 0.1) is 11.8 Å². The molecule has 2 rings (SSSR count). The number of nitrogens with zero attached hydrogens (tertiary/aromatic N) is 1. The van der Waals surface area contributed by atoms with E-state index in [1.807, 2.05) is 6.07 Å². The fourth-order valence-corrected chi connectivity index (χ4v) is 4.63. The SMILES string of the molecule is CC(C)C1CCN(S(=O)(=O)c2cccc(Br)c2)CC1. The van der Waals surface area contributed by atoms with Crippen LogP contribution in [0.3, 0.4) is 0 Å². The first-order valence-electron chi connectivity index (χ1n) is 6.67. The summed E-state index contributed by atoms with van der Waals surface area (Å²) < 4.78 is 27.5. The molecule has 1 aromatic rings. The number of benzene rings is 1. The summed E-state index contributed by atoms with van der Waals surface area (Å²) in [6.07, 6.45) is 1.93. The Kier molecular flexibility index (Phi) is 4.69. The summed E-state index contributed by atoms with van der Waals surface area (Å²) in [5.74, 6) is 1.28. The Morgan fingerprint density at radius 2 is 1.89 bits per heavy atom. The van der Waals surface area contributed by atoms with Crippen molar-refractivity contribution in [3.63, 3.8) is 0 Å². The fraction of sp³-hybridized carbons (Fsp3) is 0.571. The largest absolute Gasteiger partial charge is 0.243 e. The van der Waals surface area contributed by atoms with Crippen molar-refractivity contribution < 1.29 is 8.42 Å². The van der Waals surface area contributed by atoms with Crippen LogP contribution in [-0.4, -0.2) is 25.8 Å². The second-order valence-corrected chi connectivity index (χ2v) is 8.30. The number of hydrogen-bond acceptors (Lipinski definition) is 2. The van der Waals surface area contributed by atoms with Crippen LogP contribution in [0.5, 0.6) is 0 Å². The Bertz CT molecular complexity index is 534. The van der Waals surface area contributed by atoms with Gasteiger partial charge in [0.1, 0.15) is 0 Å². The summed E-state index contributed by atoms with van der Waals surface area (Å²) in [5.41, 5.74) is 0. The van der Waals surface area contributed by atoms with Crippen LogP contribution >= 0.6 is 15.9 Å². The third-order valence-corrected chi connectivity index (χ3v) is 6.26. The molecule has 0 atom stereocenters. The molecule has 0 aliphatic carbocycles. The molecule has 0 aromatic heterocycles. The number of hydrogen-bond donors (Lipinski definition) is 0. The zero-order chi connectivity index (χ0) is 14.0. The third kappa shape index (κ3) is 3.38. The molecule has 3 nitrogen and oxygen atoms in total. The van der Waals surface area contributed by atoms with E-state index in [1.165, 1.54) is 0 Å². The Morgan fingerprint density at radius 1 is 1.26 bits per heavy atom. The van der Waals surface area contributed by atoms with Gasteiger partial charge in [-0.3, -0.25) is 0 Å². The van der Waals surface area contributed by atoms with Gasteiger partial charge in [-0.15, -0.1) is 0 Å². The van der Waals surface area contributed by atoms with Crippen molar-refractivity contribution in [2.24, 2.45) is 11.8 Å². The Labute approximate surface area is 124 Å². The molecular weight excluding hydrogens is 326 g/mol. The standard InChI is InChI=1S/C14H20BrNO2S/c1-11(2)12-6-8-16(9-7-12)19(17,18)14-5-3-4-13(15)10-14/h3-5,10-12H,6-9H2,1-2H3. The minimum atomic E-state index is -3.33. The highest BCUT2D eigenvalue weighted by Gasteiger charge is 2.30. The number of rotatable bonds is 3. The van der Waals surface area contributed by atoms with Crippen LogP contribution < -0.4 is 0 Å². The molecule has 0 unspecified atom stereocenters. The lowest BCUT2D eigenvalue weighted by Crippen LogP contribution is -2.39. The van der Waals surface area contributed by atoms with Crippen molar-refractivity contribution in [1.29, 1.82) is 0 Å². The van der Waals surface area contributed by atoms with Gasteiger partial charge in [0.05, 0.1) is 4.90 Å². The highest BCUT2D eigenvalue weighted by molar-refractivity contribution is 9.10. The molecular formula is C14H20BrNO2S. The lowest BCUT2D eigenvalue weighted by Gasteiger charge is -2.33. The van der Waals surface area contributed by atoms with Gasteiger partial charge in [0, 0.05) is 17.6 Å². The molecule has 1 heterocycles. The van der Waals surface area contributed by atoms with Crippen LogP contribution in [0.2, 0.25) is 0 Å². The molecule has 1 aliphatic heterocycles. The molecule has 0 N–H and O–H groups in total. The quantitative estimate of drug-likeness (QED) is 0.840. The maximum atomic E-state index is 12.5. The van der Waals surface area contributed by atoms with Crippen molar-refractivity contribution in [3.05, 3.63) is 28.7 Å². The van der Waals surface area contributed by atoms with Crippen LogP contribution in [0.15, 0.2) is 33.6 Å². The molecule has 0 amide bonds. The van der Waals surface area contributed by atoms with Crippen LogP contribution in [0.1, 0.15) is 26.7 Å². The van der Waals surface area contributed by atoms with E-state index < -0.39 is 10.0 Å². The number of halogens is 1. The van der Waals surface area contributed by atoms with Crippen LogP contribution in [0.4, 0.5) is 0 Å². The predicted octanol–water partition coefficient (Wildman–Crippen LogP) is 3.51. The van der Waals surface area contributed by atoms with Gasteiger partial charge in [-0.1, -0.05) is 35.8 Å². The van der Waals surface area contributed by atoms with E-state index in [4.69, 9.17) is 0 Å². The van der Waals surface area contributed by atoms with E-state index in [9.17, 15) is 8.42 Å². The summed E-state index contributed by atoms with van der Waals surface area (Å²) >= 11 is 3.32. The van der Waals surface area contributed by atoms with Crippen molar-refractivity contribution in [3.8, 4) is 0 Å². The third-order valence-electron chi connectivity index (χ3n) is 3.88. The minimum absolute atomic E-state index is 0.380. The molecule has 0 radical (unpaired) electrons. The van der Waals surface area contributed by atoms with Gasteiger partial charge >= 0.3 is 0 Å². The second-order valence-electron chi connectivity index (χ2n) is 5.44. The smallest absolute Gasteiger partial charge is 0.207 e. The summed E-state index contributed by atoms with van der Waals surface area (Å²) in [4.78, 5) is 0.380. The molecule has 0 saturated carbocycles. The zero-order valence-corrected chi connectivity index (χ0v) is 13.7. The lowest BCUT2D eigenvalue weighted by atomic mass is 9.87. The normalized spacial score (nSPS) is 18.9. The van der Waals surface area contributed by atoms with Crippen molar-refractivity contribution in [2.45, 2.75) is 31.6 Å². The van der Waals surface area contributed by atoms with Crippen LogP contribution in [-0.2, 0) is 10.0 Å². The Hall–Kier alpha value is -0.390. The van der Waals surface area contributed by atoms with E-state index in [0.29, 0.717) is 29.8 Å². The summed E-state index contributed by atoms with van der Waals surface area (Å²) in [6.45, 7) is 5.70. The average Bonchev–Trinajstić information content (AvgIpc) is 2.39. The molecule has 1 aliphatic rings. The number of sulfonamides is 1. The average molecular weight is 346 g/mol. The lowest BCUT2D eigenvalue weighted by molar-refractivity contribution is 0.226. The molecule has 5 heteroatoms. The number of piperidine rings is 1.